The van der Waals surface area contributed by atoms with Crippen LogP contribution in [0.1, 0.15) is 44.1 Å². The summed E-state index contributed by atoms with van der Waals surface area (Å²) in [5.74, 6) is 0.568. The first-order chi connectivity index (χ1) is 16.5. The molecule has 0 radical (unpaired) electrons. The van der Waals surface area contributed by atoms with Gasteiger partial charge in [0.2, 0.25) is 5.91 Å². The second-order valence-corrected chi connectivity index (χ2v) is 10.3. The summed E-state index contributed by atoms with van der Waals surface area (Å²) in [4.78, 5) is 20.3. The Kier molecular flexibility index (Phi) is 6.51. The number of anilines is 1. The third-order valence-corrected chi connectivity index (χ3v) is 7.96. The second kappa shape index (κ2) is 9.56. The molecule has 7 nitrogen and oxygen atoms in total. The zero-order valence-corrected chi connectivity index (χ0v) is 19.9. The molecule has 0 bridgehead atoms. The molecular weight excluding hydrogens is 450 g/mol. The van der Waals surface area contributed by atoms with Crippen LogP contribution >= 0.6 is 11.6 Å². The Hall–Kier alpha value is -2.61. The van der Waals surface area contributed by atoms with Gasteiger partial charge in [-0.3, -0.25) is 4.79 Å². The zero-order valence-electron chi connectivity index (χ0n) is 19.1. The number of amides is 1. The number of carbonyl (C=O) groups is 1. The molecule has 0 spiro atoms. The maximum absolute atomic E-state index is 12.9. The molecule has 6 N–H and O–H groups in total. The number of hydrogen-bond acceptors (Lipinski definition) is 5. The van der Waals surface area contributed by atoms with Gasteiger partial charge in [0.25, 0.3) is 0 Å². The maximum Gasteiger partial charge on any atom is 0.230 e. The Bertz CT molecular complexity index is 1140. The highest BCUT2D eigenvalue weighted by atomic mass is 35.5. The molecule has 180 valence electrons. The number of nitrogens with zero attached hydrogens (tertiary/aromatic N) is 1. The number of carbonyl (C=O) groups excluding carboxylic acids is 1. The number of aromatic amines is 1. The summed E-state index contributed by atoms with van der Waals surface area (Å²) in [5.41, 5.74) is 8.78. The minimum Gasteiger partial charge on any atom is -0.374 e. The van der Waals surface area contributed by atoms with Gasteiger partial charge in [0.15, 0.2) is 0 Å². The molecule has 2 aliphatic rings. The van der Waals surface area contributed by atoms with E-state index in [1.165, 1.54) is 0 Å². The predicted octanol–water partition coefficient (Wildman–Crippen LogP) is 3.93. The van der Waals surface area contributed by atoms with Crippen molar-refractivity contribution in [3.05, 3.63) is 59.4 Å². The molecule has 2 aliphatic carbocycles. The molecule has 2 unspecified atom stereocenters. The molecule has 34 heavy (non-hydrogen) atoms. The highest BCUT2D eigenvalue weighted by Crippen LogP contribution is 2.48. The summed E-state index contributed by atoms with van der Waals surface area (Å²) < 4.78 is 0. The molecule has 2 fully saturated rings. The van der Waals surface area contributed by atoms with Crippen LogP contribution in [0.25, 0.3) is 11.0 Å². The SMILES string of the molecule is NC(CNC(=O)C1(c2ccc(Cl)cc2)CC1)C1CCC(C(O)Nc2ccnc3[nH]ccc23)CC1. The maximum atomic E-state index is 12.9. The van der Waals surface area contributed by atoms with Crippen molar-refractivity contribution in [1.82, 2.24) is 15.3 Å². The van der Waals surface area contributed by atoms with E-state index in [9.17, 15) is 9.90 Å². The predicted molar refractivity (Wildman–Crippen MR) is 135 cm³/mol. The first-order valence-electron chi connectivity index (χ1n) is 12.1. The number of aromatic nitrogens is 2. The molecule has 0 aliphatic heterocycles. The number of nitrogens with one attached hydrogen (secondary N) is 3. The highest BCUT2D eigenvalue weighted by Gasteiger charge is 2.51. The van der Waals surface area contributed by atoms with E-state index in [4.69, 9.17) is 17.3 Å². The number of nitrogens with two attached hydrogens (primary N) is 1. The molecule has 2 atom stereocenters. The largest absolute Gasteiger partial charge is 0.374 e. The van der Waals surface area contributed by atoms with Gasteiger partial charge in [-0.1, -0.05) is 23.7 Å². The van der Waals surface area contributed by atoms with Crippen molar-refractivity contribution in [2.24, 2.45) is 17.6 Å². The molecule has 8 heteroatoms. The van der Waals surface area contributed by atoms with Crippen molar-refractivity contribution < 1.29 is 9.90 Å². The molecule has 1 amide bonds. The van der Waals surface area contributed by atoms with Crippen LogP contribution in [0, 0.1) is 11.8 Å². The van der Waals surface area contributed by atoms with E-state index >= 15 is 0 Å². The first-order valence-corrected chi connectivity index (χ1v) is 12.5. The topological polar surface area (TPSA) is 116 Å². The molecule has 2 aromatic heterocycles. The van der Waals surface area contributed by atoms with E-state index in [1.807, 2.05) is 42.6 Å². The lowest BCUT2D eigenvalue weighted by molar-refractivity contribution is -0.123. The van der Waals surface area contributed by atoms with E-state index in [2.05, 4.69) is 20.6 Å². The number of halogens is 1. The monoisotopic (exact) mass is 481 g/mol. The molecular formula is C26H32ClN5O2. The summed E-state index contributed by atoms with van der Waals surface area (Å²) in [7, 11) is 0. The smallest absolute Gasteiger partial charge is 0.230 e. The quantitative estimate of drug-likeness (QED) is 0.313. The van der Waals surface area contributed by atoms with Gasteiger partial charge in [-0.05, 0) is 74.3 Å². The number of benzene rings is 1. The third kappa shape index (κ3) is 4.65. The lowest BCUT2D eigenvalue weighted by atomic mass is 9.78. The van der Waals surface area contributed by atoms with E-state index in [0.717, 1.165) is 60.8 Å². The first kappa shape index (κ1) is 23.1. The number of fused-ring (bicyclic) bond motifs is 1. The number of aliphatic hydroxyl groups is 1. The Labute approximate surface area is 204 Å². The second-order valence-electron chi connectivity index (χ2n) is 9.83. The summed E-state index contributed by atoms with van der Waals surface area (Å²) >= 11 is 6.00. The van der Waals surface area contributed by atoms with E-state index < -0.39 is 11.6 Å². The Morgan fingerprint density at radius 3 is 2.56 bits per heavy atom. The van der Waals surface area contributed by atoms with Gasteiger partial charge >= 0.3 is 0 Å². The van der Waals surface area contributed by atoms with Gasteiger partial charge in [-0.2, -0.15) is 0 Å². The van der Waals surface area contributed by atoms with Crippen molar-refractivity contribution >= 4 is 34.2 Å². The van der Waals surface area contributed by atoms with Gasteiger partial charge in [-0.25, -0.2) is 4.98 Å². The van der Waals surface area contributed by atoms with Crippen molar-refractivity contribution in [1.29, 1.82) is 0 Å². The lowest BCUT2D eigenvalue weighted by Crippen LogP contribution is -2.46. The fraction of sp³-hybridized carbons (Fsp3) is 0.462. The van der Waals surface area contributed by atoms with Crippen LogP contribution in [0.5, 0.6) is 0 Å². The number of rotatable bonds is 8. The van der Waals surface area contributed by atoms with Crippen LogP contribution in [-0.4, -0.2) is 39.8 Å². The Morgan fingerprint density at radius 1 is 1.15 bits per heavy atom. The van der Waals surface area contributed by atoms with Crippen LogP contribution in [0.4, 0.5) is 5.69 Å². The van der Waals surface area contributed by atoms with Crippen molar-refractivity contribution in [2.75, 3.05) is 11.9 Å². The van der Waals surface area contributed by atoms with E-state index in [-0.39, 0.29) is 17.9 Å². The van der Waals surface area contributed by atoms with Crippen LogP contribution in [0.2, 0.25) is 5.02 Å². The van der Waals surface area contributed by atoms with E-state index in [1.54, 1.807) is 6.20 Å². The normalized spacial score (nSPS) is 23.3. The van der Waals surface area contributed by atoms with Crippen LogP contribution in [-0.2, 0) is 10.2 Å². The number of H-pyrrole nitrogens is 1. The molecule has 5 rings (SSSR count). The Balaban J connectivity index is 1.10. The number of pyridine rings is 1. The molecule has 2 heterocycles. The third-order valence-electron chi connectivity index (χ3n) is 7.71. The van der Waals surface area contributed by atoms with E-state index in [0.29, 0.717) is 17.5 Å². The van der Waals surface area contributed by atoms with Gasteiger partial charge in [-0.15, -0.1) is 0 Å². The minimum absolute atomic E-state index is 0.0620. The average molecular weight is 482 g/mol. The standard InChI is InChI=1S/C26H32ClN5O2/c27-19-7-5-18(6-8-19)26(11-12-26)25(34)31-15-21(28)16-1-3-17(4-2-16)24(33)32-22-10-14-30-23-20(22)9-13-29-23/h5-10,13-14,16-17,21,24,33H,1-4,11-12,15,28H2,(H,31,34)(H2,29,30,32). The van der Waals surface area contributed by atoms with Crippen LogP contribution in [0.3, 0.4) is 0 Å². The van der Waals surface area contributed by atoms with Crippen LogP contribution < -0.4 is 16.4 Å². The summed E-state index contributed by atoms with van der Waals surface area (Å²) in [6, 6.07) is 11.3. The average Bonchev–Trinajstić information content (AvgIpc) is 3.52. The lowest BCUT2D eigenvalue weighted by Gasteiger charge is -2.35. The van der Waals surface area contributed by atoms with Crippen molar-refractivity contribution in [3.8, 4) is 0 Å². The summed E-state index contributed by atoms with van der Waals surface area (Å²) in [5, 5.41) is 18.8. The minimum atomic E-state index is -0.619. The van der Waals surface area contributed by atoms with Crippen molar-refractivity contribution in [3.63, 3.8) is 0 Å². The van der Waals surface area contributed by atoms with Gasteiger partial charge in [0.05, 0.1) is 5.41 Å². The van der Waals surface area contributed by atoms with Gasteiger partial charge in [0.1, 0.15) is 11.9 Å². The zero-order chi connectivity index (χ0) is 23.7. The highest BCUT2D eigenvalue weighted by molar-refractivity contribution is 6.30. The van der Waals surface area contributed by atoms with Crippen molar-refractivity contribution in [2.45, 2.75) is 56.2 Å². The molecule has 3 aromatic rings. The number of hydrogen-bond donors (Lipinski definition) is 5. The molecule has 0 saturated heterocycles. The van der Waals surface area contributed by atoms with Crippen LogP contribution in [0.15, 0.2) is 48.8 Å². The molecule has 1 aromatic carbocycles. The number of aliphatic hydroxyl groups excluding tert-OH is 1. The fourth-order valence-corrected chi connectivity index (χ4v) is 5.47. The summed E-state index contributed by atoms with van der Waals surface area (Å²) in [6.07, 6.45) is 8.37. The Morgan fingerprint density at radius 2 is 1.85 bits per heavy atom. The molecule has 2 saturated carbocycles. The van der Waals surface area contributed by atoms with Gasteiger partial charge < -0.3 is 26.5 Å². The van der Waals surface area contributed by atoms with Gasteiger partial charge in [0, 0.05) is 47.0 Å². The summed E-state index contributed by atoms with van der Waals surface area (Å²) in [6.45, 7) is 0.479. The fourth-order valence-electron chi connectivity index (χ4n) is 5.34.